The van der Waals surface area contributed by atoms with Gasteiger partial charge in [0.1, 0.15) is 5.15 Å². The number of hydrogen-bond donors (Lipinski definition) is 0. The second-order valence-electron chi connectivity index (χ2n) is 4.75. The van der Waals surface area contributed by atoms with E-state index in [0.717, 1.165) is 17.7 Å². The van der Waals surface area contributed by atoms with Gasteiger partial charge in [0.05, 0.1) is 0 Å². The number of nitrogens with zero attached hydrogens (tertiary/aromatic N) is 3. The van der Waals surface area contributed by atoms with Crippen LogP contribution >= 0.6 is 22.9 Å². The van der Waals surface area contributed by atoms with Crippen molar-refractivity contribution in [2.45, 2.75) is 31.8 Å². The van der Waals surface area contributed by atoms with Gasteiger partial charge in [0.15, 0.2) is 5.13 Å². The molecule has 0 spiro atoms. The van der Waals surface area contributed by atoms with Crippen LogP contribution in [0.5, 0.6) is 0 Å². The summed E-state index contributed by atoms with van der Waals surface area (Å²) in [6, 6.07) is 1.29. The molecule has 1 aromatic rings. The number of fused-ring (bicyclic) bond motifs is 1. The molecule has 3 nitrogen and oxygen atoms in total. The molecule has 2 atom stereocenters. The minimum atomic E-state index is 0.552. The molecule has 3 heterocycles. The number of hydrogen-bond acceptors (Lipinski definition) is 4. The van der Waals surface area contributed by atoms with Crippen LogP contribution < -0.4 is 4.90 Å². The molecule has 2 aliphatic rings. The minimum Gasteiger partial charge on any atom is -0.342 e. The van der Waals surface area contributed by atoms with Crippen molar-refractivity contribution in [3.05, 3.63) is 10.5 Å². The van der Waals surface area contributed by atoms with Crippen LogP contribution in [-0.2, 0) is 0 Å². The molecule has 0 saturated carbocycles. The van der Waals surface area contributed by atoms with E-state index in [1.807, 2.05) is 5.38 Å². The lowest BCUT2D eigenvalue weighted by atomic mass is 10.1. The molecule has 5 heteroatoms. The van der Waals surface area contributed by atoms with Crippen LogP contribution in [0, 0.1) is 0 Å². The van der Waals surface area contributed by atoms with Gasteiger partial charge in [-0.25, -0.2) is 4.98 Å². The van der Waals surface area contributed by atoms with Crippen LogP contribution in [0.1, 0.15) is 19.8 Å². The summed E-state index contributed by atoms with van der Waals surface area (Å²) < 4.78 is 0. The molecule has 0 aromatic carbocycles. The smallest absolute Gasteiger partial charge is 0.187 e. The maximum atomic E-state index is 5.90. The van der Waals surface area contributed by atoms with Crippen molar-refractivity contribution in [1.29, 1.82) is 0 Å². The lowest BCUT2D eigenvalue weighted by molar-refractivity contribution is 0.203. The zero-order valence-electron chi connectivity index (χ0n) is 9.40. The highest BCUT2D eigenvalue weighted by Gasteiger charge is 2.35. The van der Waals surface area contributed by atoms with Gasteiger partial charge in [-0.05, 0) is 26.3 Å². The highest BCUT2D eigenvalue weighted by atomic mass is 35.5. The molecule has 2 saturated heterocycles. The number of rotatable bonds is 1. The maximum Gasteiger partial charge on any atom is 0.187 e. The van der Waals surface area contributed by atoms with Crippen molar-refractivity contribution in [2.24, 2.45) is 0 Å². The predicted molar refractivity (Wildman–Crippen MR) is 68.5 cm³/mol. The second-order valence-corrected chi connectivity index (χ2v) is 5.97. The Morgan fingerprint density at radius 3 is 3.12 bits per heavy atom. The Morgan fingerprint density at radius 1 is 1.50 bits per heavy atom. The molecular weight excluding hydrogens is 242 g/mol. The van der Waals surface area contributed by atoms with E-state index in [9.17, 15) is 0 Å². The molecule has 0 N–H and O–H groups in total. The van der Waals surface area contributed by atoms with E-state index in [1.54, 1.807) is 11.3 Å². The summed E-state index contributed by atoms with van der Waals surface area (Å²) >= 11 is 7.56. The summed E-state index contributed by atoms with van der Waals surface area (Å²) in [5.74, 6) is 0. The monoisotopic (exact) mass is 257 g/mol. The first-order valence-corrected chi connectivity index (χ1v) is 7.11. The van der Waals surface area contributed by atoms with E-state index >= 15 is 0 Å². The van der Waals surface area contributed by atoms with Gasteiger partial charge in [0, 0.05) is 30.6 Å². The van der Waals surface area contributed by atoms with Gasteiger partial charge in [-0.2, -0.15) is 0 Å². The average Bonchev–Trinajstić information content (AvgIpc) is 2.84. The van der Waals surface area contributed by atoms with Crippen molar-refractivity contribution < 1.29 is 0 Å². The molecule has 0 bridgehead atoms. The Hall–Kier alpha value is -0.320. The van der Waals surface area contributed by atoms with E-state index in [2.05, 4.69) is 21.7 Å². The predicted octanol–water partition coefficient (Wildman–Crippen LogP) is 2.47. The molecule has 0 radical (unpaired) electrons. The Morgan fingerprint density at radius 2 is 2.38 bits per heavy atom. The van der Waals surface area contributed by atoms with Crippen LogP contribution in [0.25, 0.3) is 0 Å². The molecular formula is C11H16ClN3S. The molecule has 0 amide bonds. The van der Waals surface area contributed by atoms with E-state index in [1.165, 1.54) is 25.9 Å². The summed E-state index contributed by atoms with van der Waals surface area (Å²) in [7, 11) is 0. The van der Waals surface area contributed by atoms with Gasteiger partial charge in [0.25, 0.3) is 0 Å². The topological polar surface area (TPSA) is 19.4 Å². The highest BCUT2D eigenvalue weighted by Crippen LogP contribution is 2.31. The third-order valence-corrected chi connectivity index (χ3v) is 4.85. The summed E-state index contributed by atoms with van der Waals surface area (Å²) in [4.78, 5) is 9.43. The van der Waals surface area contributed by atoms with Gasteiger partial charge in [-0.15, -0.1) is 11.3 Å². The summed E-state index contributed by atoms with van der Waals surface area (Å²) in [6.07, 6.45) is 2.69. The Labute approximate surface area is 105 Å². The third-order valence-electron chi connectivity index (χ3n) is 3.65. The summed E-state index contributed by atoms with van der Waals surface area (Å²) in [5.41, 5.74) is 0. The van der Waals surface area contributed by atoms with Crippen LogP contribution in [0.2, 0.25) is 5.15 Å². The number of aromatic nitrogens is 1. The van der Waals surface area contributed by atoms with Crippen LogP contribution in [0.15, 0.2) is 5.38 Å². The molecule has 2 fully saturated rings. The summed E-state index contributed by atoms with van der Waals surface area (Å²) in [5, 5.41) is 3.63. The van der Waals surface area contributed by atoms with Gasteiger partial charge >= 0.3 is 0 Å². The van der Waals surface area contributed by atoms with E-state index in [4.69, 9.17) is 11.6 Å². The second kappa shape index (κ2) is 4.17. The van der Waals surface area contributed by atoms with Crippen molar-refractivity contribution >= 4 is 28.1 Å². The van der Waals surface area contributed by atoms with Gasteiger partial charge in [-0.3, -0.25) is 4.90 Å². The first kappa shape index (κ1) is 10.8. The fourth-order valence-corrected chi connectivity index (χ4v) is 3.89. The van der Waals surface area contributed by atoms with Gasteiger partial charge in [-0.1, -0.05) is 11.6 Å². The minimum absolute atomic E-state index is 0.552. The standard InChI is InChI=1S/C11H16ClN3S/c1-8-5-14-4-2-3-9(14)6-15(8)11-13-10(12)7-16-11/h7-9H,2-6H2,1H3. The highest BCUT2D eigenvalue weighted by molar-refractivity contribution is 7.14. The fourth-order valence-electron chi connectivity index (χ4n) is 2.83. The number of piperazine rings is 1. The van der Waals surface area contributed by atoms with E-state index < -0.39 is 0 Å². The van der Waals surface area contributed by atoms with Crippen molar-refractivity contribution in [3.8, 4) is 0 Å². The van der Waals surface area contributed by atoms with E-state index in [-0.39, 0.29) is 0 Å². The average molecular weight is 258 g/mol. The van der Waals surface area contributed by atoms with Gasteiger partial charge in [0.2, 0.25) is 0 Å². The number of thiazole rings is 1. The van der Waals surface area contributed by atoms with Crippen molar-refractivity contribution in [2.75, 3.05) is 24.5 Å². The van der Waals surface area contributed by atoms with Gasteiger partial charge < -0.3 is 4.90 Å². The van der Waals surface area contributed by atoms with Crippen molar-refractivity contribution in [3.63, 3.8) is 0 Å². The molecule has 3 rings (SSSR count). The third kappa shape index (κ3) is 1.83. The van der Waals surface area contributed by atoms with Crippen LogP contribution in [0.4, 0.5) is 5.13 Å². The zero-order valence-corrected chi connectivity index (χ0v) is 11.0. The van der Waals surface area contributed by atoms with E-state index in [0.29, 0.717) is 11.2 Å². The molecule has 2 aliphatic heterocycles. The number of anilines is 1. The molecule has 16 heavy (non-hydrogen) atoms. The lowest BCUT2D eigenvalue weighted by Gasteiger charge is -2.42. The SMILES string of the molecule is CC1CN2CCCC2CN1c1nc(Cl)cs1. The lowest BCUT2D eigenvalue weighted by Crippen LogP contribution is -2.55. The first-order valence-electron chi connectivity index (χ1n) is 5.86. The molecule has 1 aromatic heterocycles. The number of halogens is 1. The maximum absolute atomic E-state index is 5.90. The largest absolute Gasteiger partial charge is 0.342 e. The normalized spacial score (nSPS) is 30.8. The zero-order chi connectivity index (χ0) is 11.1. The molecule has 88 valence electrons. The first-order chi connectivity index (χ1) is 7.74. The quantitative estimate of drug-likeness (QED) is 0.771. The Kier molecular flexibility index (Phi) is 2.81. The molecule has 2 unspecified atom stereocenters. The van der Waals surface area contributed by atoms with Crippen LogP contribution in [-0.4, -0.2) is 41.6 Å². The summed E-state index contributed by atoms with van der Waals surface area (Å²) in [6.45, 7) is 5.85. The Bertz CT molecular complexity index is 381. The van der Waals surface area contributed by atoms with Crippen LogP contribution in [0.3, 0.4) is 0 Å². The van der Waals surface area contributed by atoms with Crippen molar-refractivity contribution in [1.82, 2.24) is 9.88 Å². The Balaban J connectivity index is 1.80. The molecule has 0 aliphatic carbocycles. The fraction of sp³-hybridized carbons (Fsp3) is 0.727.